The van der Waals surface area contributed by atoms with Crippen LogP contribution in [0.1, 0.15) is 0 Å². The molecule has 0 saturated heterocycles. The van der Waals surface area contributed by atoms with Gasteiger partial charge in [0, 0.05) is 11.8 Å². The summed E-state index contributed by atoms with van der Waals surface area (Å²) in [7, 11) is 0. The molecule has 0 radical (unpaired) electrons. The molecule has 1 saturated carbocycles. The summed E-state index contributed by atoms with van der Waals surface area (Å²) in [5, 5.41) is 0. The van der Waals surface area contributed by atoms with Gasteiger partial charge in [0.05, 0.1) is 0 Å². The maximum Gasteiger partial charge on any atom is 0.147 e. The predicted octanol–water partition coefficient (Wildman–Crippen LogP) is 2.29. The molecule has 3 rings (SSSR count). The van der Waals surface area contributed by atoms with Crippen LogP contribution in [-0.2, 0) is 4.79 Å². The van der Waals surface area contributed by atoms with E-state index in [-0.39, 0.29) is 11.8 Å². The first-order valence-electron chi connectivity index (χ1n) is 5.11. The highest BCUT2D eigenvalue weighted by molar-refractivity contribution is 5.91. The Kier molecular flexibility index (Phi) is 1.60. The fourth-order valence-corrected chi connectivity index (χ4v) is 2.78. The molecule has 2 bridgehead atoms. The van der Waals surface area contributed by atoms with Crippen molar-refractivity contribution < 1.29 is 4.79 Å². The number of hydrogen-bond acceptors (Lipinski definition) is 1. The molecule has 0 N–H and O–H groups in total. The first kappa shape index (κ1) is 7.98. The molecule has 3 aliphatic carbocycles. The van der Waals surface area contributed by atoms with Crippen LogP contribution in [0.25, 0.3) is 0 Å². The molecule has 1 fully saturated rings. The number of Topliss-reactive ketones (excluding diaryl/α,β-unsaturated/α-hetero) is 1. The largest absolute Gasteiger partial charge is 0.298 e. The van der Waals surface area contributed by atoms with Gasteiger partial charge in [0.15, 0.2) is 0 Å². The van der Waals surface area contributed by atoms with E-state index in [1.165, 1.54) is 0 Å². The first-order chi connectivity index (χ1) is 6.88. The van der Waals surface area contributed by atoms with Gasteiger partial charge in [0.2, 0.25) is 0 Å². The third kappa shape index (κ3) is 0.926. The Labute approximate surface area is 83.5 Å². The molecule has 1 nitrogen and oxygen atoms in total. The second-order valence-electron chi connectivity index (χ2n) is 4.15. The lowest BCUT2D eigenvalue weighted by molar-refractivity contribution is -0.121. The minimum absolute atomic E-state index is 0.112. The molecule has 14 heavy (non-hydrogen) atoms. The highest BCUT2D eigenvalue weighted by atomic mass is 16.1. The van der Waals surface area contributed by atoms with E-state index in [0.717, 1.165) is 0 Å². The van der Waals surface area contributed by atoms with Crippen LogP contribution < -0.4 is 0 Å². The van der Waals surface area contributed by atoms with Crippen LogP contribution in [0.4, 0.5) is 0 Å². The third-order valence-corrected chi connectivity index (χ3v) is 3.46. The molecule has 1 heteroatoms. The highest BCUT2D eigenvalue weighted by Gasteiger charge is 2.46. The van der Waals surface area contributed by atoms with Gasteiger partial charge >= 0.3 is 0 Å². The predicted molar refractivity (Wildman–Crippen MR) is 55.5 cm³/mol. The lowest BCUT2D eigenvalue weighted by Crippen LogP contribution is -2.14. The fraction of sp³-hybridized carbons (Fsp3) is 0.308. The van der Waals surface area contributed by atoms with Gasteiger partial charge in [0.1, 0.15) is 5.78 Å². The van der Waals surface area contributed by atoms with E-state index in [2.05, 4.69) is 24.3 Å². The van der Waals surface area contributed by atoms with Crippen molar-refractivity contribution in [2.45, 2.75) is 0 Å². The van der Waals surface area contributed by atoms with Crippen LogP contribution in [-0.4, -0.2) is 5.78 Å². The molecular weight excluding hydrogens is 172 g/mol. The second-order valence-corrected chi connectivity index (χ2v) is 4.15. The van der Waals surface area contributed by atoms with Crippen molar-refractivity contribution in [1.82, 2.24) is 0 Å². The minimum atomic E-state index is 0.112. The van der Waals surface area contributed by atoms with Crippen molar-refractivity contribution in [2.75, 3.05) is 0 Å². The van der Waals surface area contributed by atoms with Crippen molar-refractivity contribution in [1.29, 1.82) is 0 Å². The third-order valence-electron chi connectivity index (χ3n) is 3.46. The van der Waals surface area contributed by atoms with Gasteiger partial charge in [-0.1, -0.05) is 48.6 Å². The van der Waals surface area contributed by atoms with Gasteiger partial charge < -0.3 is 0 Å². The summed E-state index contributed by atoms with van der Waals surface area (Å²) in [6, 6.07) is 0. The SMILES string of the molecule is O=C1[C@H]2C=CC=C[C@@H]1[C@H]1C=CC=C[C@H]12. The van der Waals surface area contributed by atoms with E-state index in [0.29, 0.717) is 17.6 Å². The molecule has 0 spiro atoms. The number of carbonyl (C=O) groups is 1. The number of ketones is 1. The van der Waals surface area contributed by atoms with E-state index >= 15 is 0 Å². The molecular formula is C13H12O. The first-order valence-corrected chi connectivity index (χ1v) is 5.11. The van der Waals surface area contributed by atoms with Crippen molar-refractivity contribution in [2.24, 2.45) is 23.7 Å². The lowest BCUT2D eigenvalue weighted by Gasteiger charge is -2.20. The molecule has 0 heterocycles. The smallest absolute Gasteiger partial charge is 0.147 e. The van der Waals surface area contributed by atoms with Crippen LogP contribution in [0.5, 0.6) is 0 Å². The summed E-state index contributed by atoms with van der Waals surface area (Å²) in [6.45, 7) is 0. The molecule has 0 aromatic heterocycles. The number of allylic oxidation sites excluding steroid dienone is 8. The average Bonchev–Trinajstić information content (AvgIpc) is 2.33. The zero-order valence-electron chi connectivity index (χ0n) is 7.84. The number of rotatable bonds is 0. The van der Waals surface area contributed by atoms with Crippen molar-refractivity contribution in [3.63, 3.8) is 0 Å². The van der Waals surface area contributed by atoms with Crippen molar-refractivity contribution in [3.8, 4) is 0 Å². The lowest BCUT2D eigenvalue weighted by atomic mass is 9.83. The molecule has 0 aromatic carbocycles. The fourth-order valence-electron chi connectivity index (χ4n) is 2.78. The van der Waals surface area contributed by atoms with Crippen molar-refractivity contribution in [3.05, 3.63) is 48.6 Å². The zero-order valence-corrected chi connectivity index (χ0v) is 7.84. The topological polar surface area (TPSA) is 17.1 Å². The van der Waals surface area contributed by atoms with Gasteiger partial charge in [0.25, 0.3) is 0 Å². The summed E-state index contributed by atoms with van der Waals surface area (Å²) in [4.78, 5) is 12.0. The van der Waals surface area contributed by atoms with Crippen molar-refractivity contribution >= 4 is 5.78 Å². The van der Waals surface area contributed by atoms with Crippen LogP contribution >= 0.6 is 0 Å². The average molecular weight is 184 g/mol. The summed E-state index contributed by atoms with van der Waals surface area (Å²) >= 11 is 0. The summed E-state index contributed by atoms with van der Waals surface area (Å²) in [5.41, 5.74) is 0. The van der Waals surface area contributed by atoms with Gasteiger partial charge in [-0.25, -0.2) is 0 Å². The Hall–Kier alpha value is -1.37. The van der Waals surface area contributed by atoms with Crippen LogP contribution in [0.2, 0.25) is 0 Å². The normalized spacial score (nSPS) is 42.7. The molecule has 0 amide bonds. The van der Waals surface area contributed by atoms with Gasteiger partial charge in [-0.2, -0.15) is 0 Å². The van der Waals surface area contributed by atoms with E-state index < -0.39 is 0 Å². The second kappa shape index (κ2) is 2.81. The van der Waals surface area contributed by atoms with Gasteiger partial charge in [-0.3, -0.25) is 4.79 Å². The van der Waals surface area contributed by atoms with E-state index in [9.17, 15) is 4.79 Å². The van der Waals surface area contributed by atoms with Crippen LogP contribution in [0, 0.1) is 23.7 Å². The number of hydrogen-bond donors (Lipinski definition) is 0. The van der Waals surface area contributed by atoms with Gasteiger partial charge in [-0.15, -0.1) is 0 Å². The number of carbonyl (C=O) groups excluding carboxylic acids is 1. The summed E-state index contributed by atoms with van der Waals surface area (Å²) < 4.78 is 0. The Morgan fingerprint density at radius 2 is 1.14 bits per heavy atom. The van der Waals surface area contributed by atoms with Gasteiger partial charge in [-0.05, 0) is 11.8 Å². The Balaban J connectivity index is 2.09. The molecule has 0 aliphatic heterocycles. The molecule has 4 atom stereocenters. The molecule has 0 aromatic rings. The minimum Gasteiger partial charge on any atom is -0.298 e. The Bertz CT molecular complexity index is 348. The number of fused-ring (bicyclic) bond motifs is 5. The Morgan fingerprint density at radius 3 is 1.64 bits per heavy atom. The highest BCUT2D eigenvalue weighted by Crippen LogP contribution is 2.44. The Morgan fingerprint density at radius 1 is 0.714 bits per heavy atom. The van der Waals surface area contributed by atoms with Crippen LogP contribution in [0.15, 0.2) is 48.6 Å². The summed E-state index contributed by atoms with van der Waals surface area (Å²) in [6.07, 6.45) is 16.6. The maximum absolute atomic E-state index is 12.0. The van der Waals surface area contributed by atoms with E-state index in [1.807, 2.05) is 24.3 Å². The maximum atomic E-state index is 12.0. The zero-order chi connectivity index (χ0) is 9.54. The van der Waals surface area contributed by atoms with Crippen LogP contribution in [0.3, 0.4) is 0 Å². The quantitative estimate of drug-likeness (QED) is 0.564. The monoisotopic (exact) mass is 184 g/mol. The van der Waals surface area contributed by atoms with E-state index in [1.54, 1.807) is 0 Å². The molecule has 70 valence electrons. The van der Waals surface area contributed by atoms with E-state index in [4.69, 9.17) is 0 Å². The summed E-state index contributed by atoms with van der Waals surface area (Å²) in [5.74, 6) is 1.42. The standard InChI is InChI=1S/C13H12O/c14-13-11-7-3-4-8-12(13)10-6-2-1-5-9(10)11/h1-12H/t9-,10+,11+,12-. The molecule has 3 aliphatic rings. The molecule has 0 unspecified atom stereocenters.